The van der Waals surface area contributed by atoms with Crippen LogP contribution in [-0.4, -0.2) is 41.2 Å². The van der Waals surface area contributed by atoms with Gasteiger partial charge in [-0.25, -0.2) is 0 Å². The van der Waals surface area contributed by atoms with Gasteiger partial charge in [-0.05, 0) is 55.4 Å². The number of carbonyl (C=O) groups is 2. The summed E-state index contributed by atoms with van der Waals surface area (Å²) in [5.41, 5.74) is -0.403. The first-order chi connectivity index (χ1) is 15.1. The van der Waals surface area contributed by atoms with E-state index in [1.165, 1.54) is 4.90 Å². The highest BCUT2D eigenvalue weighted by atomic mass is 35.5. The lowest BCUT2D eigenvalue weighted by atomic mass is 9.63. The normalized spacial score (nSPS) is 24.6. The van der Waals surface area contributed by atoms with Crippen molar-refractivity contribution in [2.24, 2.45) is 5.41 Å². The first-order valence-corrected chi connectivity index (χ1v) is 11.2. The number of fused-ring (bicyclic) bond motifs is 1. The number of carboxylic acids is 1. The fraction of sp³-hybridized carbons (Fsp3) is 0.565. The Bertz CT molecular complexity index is 957. The van der Waals surface area contributed by atoms with Crippen molar-refractivity contribution in [1.82, 2.24) is 4.90 Å². The lowest BCUT2D eigenvalue weighted by molar-refractivity contribution is -0.194. The van der Waals surface area contributed by atoms with E-state index >= 15 is 0 Å². The van der Waals surface area contributed by atoms with Gasteiger partial charge in [-0.1, -0.05) is 24.1 Å². The molecule has 9 heteroatoms. The Morgan fingerprint density at radius 2 is 1.97 bits per heavy atom. The maximum absolute atomic E-state index is 13.2. The van der Waals surface area contributed by atoms with Crippen LogP contribution in [0.25, 0.3) is 0 Å². The molecule has 1 heterocycles. The summed E-state index contributed by atoms with van der Waals surface area (Å²) >= 11 is 6.40. The van der Waals surface area contributed by atoms with Gasteiger partial charge in [-0.3, -0.25) is 9.59 Å². The summed E-state index contributed by atoms with van der Waals surface area (Å²) in [5.74, 6) is -0.902. The third kappa shape index (κ3) is 4.21. The largest absolute Gasteiger partial charge is 0.491 e. The van der Waals surface area contributed by atoms with E-state index < -0.39 is 29.6 Å². The molecule has 0 spiro atoms. The topological polar surface area (TPSA) is 66.8 Å². The molecule has 1 unspecified atom stereocenters. The summed E-state index contributed by atoms with van der Waals surface area (Å²) in [7, 11) is 0. The number of hydrogen-bond donors (Lipinski definition) is 1. The molecule has 1 amide bonds. The number of alkyl halides is 3. The van der Waals surface area contributed by atoms with Gasteiger partial charge in [0.15, 0.2) is 0 Å². The van der Waals surface area contributed by atoms with Crippen LogP contribution in [-0.2, 0) is 15.0 Å². The fourth-order valence-electron chi connectivity index (χ4n) is 4.78. The summed E-state index contributed by atoms with van der Waals surface area (Å²) in [5, 5.41) is 9.17. The molecule has 32 heavy (non-hydrogen) atoms. The van der Waals surface area contributed by atoms with Crippen molar-refractivity contribution in [3.05, 3.63) is 40.6 Å². The molecule has 4 rings (SSSR count). The molecule has 2 saturated carbocycles. The lowest BCUT2D eigenvalue weighted by Crippen LogP contribution is -2.44. The molecule has 0 bridgehead atoms. The maximum atomic E-state index is 13.2. The van der Waals surface area contributed by atoms with Gasteiger partial charge in [-0.15, -0.1) is 0 Å². The van der Waals surface area contributed by atoms with E-state index in [2.05, 4.69) is 0 Å². The SMILES string of the molecule is O=C(O)CCN1C=C2CCCCC2(c2ccc(OCC3(C(F)(F)F)CC3)c(Cl)c2)CC1=O. The second-order valence-electron chi connectivity index (χ2n) is 9.06. The van der Waals surface area contributed by atoms with Crippen LogP contribution in [0, 0.1) is 5.41 Å². The Morgan fingerprint density at radius 1 is 1.22 bits per heavy atom. The summed E-state index contributed by atoms with van der Waals surface area (Å²) < 4.78 is 45.0. The lowest BCUT2D eigenvalue weighted by Gasteiger charge is -2.45. The van der Waals surface area contributed by atoms with E-state index in [0.29, 0.717) is 0 Å². The van der Waals surface area contributed by atoms with Crippen LogP contribution in [0.3, 0.4) is 0 Å². The Morgan fingerprint density at radius 3 is 2.59 bits per heavy atom. The van der Waals surface area contributed by atoms with Gasteiger partial charge in [0.25, 0.3) is 0 Å². The number of halogens is 4. The minimum absolute atomic E-state index is 0.0595. The van der Waals surface area contributed by atoms with Crippen LogP contribution >= 0.6 is 11.6 Å². The minimum Gasteiger partial charge on any atom is -0.491 e. The van der Waals surface area contributed by atoms with Crippen molar-refractivity contribution >= 4 is 23.5 Å². The Hall–Kier alpha value is -2.22. The van der Waals surface area contributed by atoms with Gasteiger partial charge in [0.1, 0.15) is 17.8 Å². The molecule has 0 aromatic heterocycles. The van der Waals surface area contributed by atoms with Gasteiger partial charge in [0.05, 0.1) is 11.4 Å². The standard InChI is InChI=1S/C23H25ClF3NO4/c24-17-11-15(4-5-18(17)32-14-21(8-9-21)23(25,26)27)22-7-2-1-3-16(22)13-28(19(29)12-22)10-6-20(30)31/h4-5,11,13H,1-3,6-10,12,14H2,(H,30,31). The maximum Gasteiger partial charge on any atom is 0.397 e. The first-order valence-electron chi connectivity index (χ1n) is 10.8. The number of nitrogens with zero attached hydrogens (tertiary/aromatic N) is 1. The summed E-state index contributed by atoms with van der Waals surface area (Å²) in [6.45, 7) is -0.328. The summed E-state index contributed by atoms with van der Waals surface area (Å²) in [6, 6.07) is 5.07. The number of benzene rings is 1. The Labute approximate surface area is 189 Å². The molecule has 2 fully saturated rings. The molecule has 1 aromatic carbocycles. The minimum atomic E-state index is -4.30. The van der Waals surface area contributed by atoms with Crippen LogP contribution < -0.4 is 4.74 Å². The molecule has 0 saturated heterocycles. The molecule has 174 valence electrons. The highest BCUT2D eigenvalue weighted by molar-refractivity contribution is 6.32. The van der Waals surface area contributed by atoms with Crippen LogP contribution in [0.2, 0.25) is 5.02 Å². The highest BCUT2D eigenvalue weighted by Crippen LogP contribution is 2.58. The van der Waals surface area contributed by atoms with Gasteiger partial charge < -0.3 is 14.7 Å². The average Bonchev–Trinajstić information content (AvgIpc) is 3.52. The number of allylic oxidation sites excluding steroid dienone is 1. The molecule has 1 atom stereocenters. The number of aliphatic carboxylic acids is 1. The van der Waals surface area contributed by atoms with E-state index in [1.807, 2.05) is 0 Å². The van der Waals surface area contributed by atoms with E-state index in [0.717, 1.165) is 36.8 Å². The van der Waals surface area contributed by atoms with E-state index in [4.69, 9.17) is 21.4 Å². The van der Waals surface area contributed by atoms with Gasteiger partial charge in [-0.2, -0.15) is 13.2 Å². The second kappa shape index (κ2) is 8.28. The molecule has 5 nitrogen and oxygen atoms in total. The quantitative estimate of drug-likeness (QED) is 0.573. The van der Waals surface area contributed by atoms with Crippen molar-refractivity contribution < 1.29 is 32.6 Å². The molecular formula is C23H25ClF3NO4. The third-order valence-corrected chi connectivity index (χ3v) is 7.30. The smallest absolute Gasteiger partial charge is 0.397 e. The summed E-state index contributed by atoms with van der Waals surface area (Å²) in [6.07, 6.45) is 1.15. The Balaban J connectivity index is 1.56. The number of amides is 1. The van der Waals surface area contributed by atoms with Crippen molar-refractivity contribution in [2.75, 3.05) is 13.2 Å². The summed E-state index contributed by atoms with van der Waals surface area (Å²) in [4.78, 5) is 25.2. The number of ether oxygens (including phenoxy) is 1. The second-order valence-corrected chi connectivity index (χ2v) is 9.47. The number of carboxylic acid groups (broad SMARTS) is 1. The van der Waals surface area contributed by atoms with Gasteiger partial charge in [0.2, 0.25) is 5.91 Å². The first kappa shape index (κ1) is 23.0. The zero-order chi connectivity index (χ0) is 23.1. The van der Waals surface area contributed by atoms with Crippen molar-refractivity contribution in [3.63, 3.8) is 0 Å². The van der Waals surface area contributed by atoms with Crippen LogP contribution in [0.4, 0.5) is 13.2 Å². The molecular weight excluding hydrogens is 447 g/mol. The van der Waals surface area contributed by atoms with E-state index in [9.17, 15) is 22.8 Å². The highest BCUT2D eigenvalue weighted by Gasteiger charge is 2.64. The Kier molecular flexibility index (Phi) is 5.94. The molecule has 1 aliphatic heterocycles. The van der Waals surface area contributed by atoms with Crippen molar-refractivity contribution in [2.45, 2.75) is 63.0 Å². The molecule has 3 aliphatic rings. The van der Waals surface area contributed by atoms with Crippen molar-refractivity contribution in [3.8, 4) is 5.75 Å². The number of hydrogen-bond acceptors (Lipinski definition) is 3. The number of rotatable bonds is 7. The monoisotopic (exact) mass is 471 g/mol. The van der Waals surface area contributed by atoms with Crippen LogP contribution in [0.1, 0.15) is 56.9 Å². The van der Waals surface area contributed by atoms with Crippen LogP contribution in [0.5, 0.6) is 5.75 Å². The molecule has 0 radical (unpaired) electrons. The van der Waals surface area contributed by atoms with Gasteiger partial charge in [0, 0.05) is 24.6 Å². The van der Waals surface area contributed by atoms with E-state index in [1.54, 1.807) is 24.4 Å². The molecule has 1 aromatic rings. The predicted octanol–water partition coefficient (Wildman–Crippen LogP) is 5.46. The fourth-order valence-corrected chi connectivity index (χ4v) is 5.02. The van der Waals surface area contributed by atoms with Gasteiger partial charge >= 0.3 is 12.1 Å². The average molecular weight is 472 g/mol. The zero-order valence-corrected chi connectivity index (χ0v) is 18.3. The van der Waals surface area contributed by atoms with Crippen molar-refractivity contribution in [1.29, 1.82) is 0 Å². The number of carbonyl (C=O) groups excluding carboxylic acids is 1. The van der Waals surface area contributed by atoms with E-state index in [-0.39, 0.29) is 48.9 Å². The third-order valence-electron chi connectivity index (χ3n) is 7.01. The zero-order valence-electron chi connectivity index (χ0n) is 17.5. The molecule has 1 N–H and O–H groups in total. The predicted molar refractivity (Wildman–Crippen MR) is 111 cm³/mol. The molecule has 2 aliphatic carbocycles. The van der Waals surface area contributed by atoms with Crippen LogP contribution in [0.15, 0.2) is 30.0 Å².